The summed E-state index contributed by atoms with van der Waals surface area (Å²) < 4.78 is 29.1. The van der Waals surface area contributed by atoms with Crippen LogP contribution in [0.4, 0.5) is 4.39 Å². The number of rotatable bonds is 4. The Balaban J connectivity index is 1.47. The van der Waals surface area contributed by atoms with E-state index in [-0.39, 0.29) is 17.2 Å². The van der Waals surface area contributed by atoms with Crippen LogP contribution < -0.4 is 0 Å². The fourth-order valence-corrected chi connectivity index (χ4v) is 2.72. The largest absolute Gasteiger partial charge is 0.455 e. The van der Waals surface area contributed by atoms with E-state index in [1.54, 1.807) is 6.07 Å². The highest BCUT2D eigenvalue weighted by Gasteiger charge is 2.16. The lowest BCUT2D eigenvalue weighted by atomic mass is 10.2. The van der Waals surface area contributed by atoms with Crippen molar-refractivity contribution in [2.24, 2.45) is 0 Å². The summed E-state index contributed by atoms with van der Waals surface area (Å²) >= 11 is 5.84. The molecular weight excluding hydrogens is 361 g/mol. The molecule has 0 fully saturated rings. The van der Waals surface area contributed by atoms with Crippen molar-refractivity contribution < 1.29 is 22.9 Å². The minimum Gasteiger partial charge on any atom is -0.455 e. The number of carbonyl (C=O) groups excluding carboxylic acids is 1. The number of nitrogens with zero attached hydrogens (tertiary/aromatic N) is 1. The van der Waals surface area contributed by atoms with Gasteiger partial charge in [0, 0.05) is 11.5 Å². The van der Waals surface area contributed by atoms with E-state index in [1.165, 1.54) is 6.07 Å². The van der Waals surface area contributed by atoms with E-state index in [2.05, 4.69) is 5.16 Å². The van der Waals surface area contributed by atoms with E-state index in [4.69, 9.17) is 25.3 Å². The van der Waals surface area contributed by atoms with Crippen molar-refractivity contribution in [3.8, 4) is 11.5 Å². The molecule has 0 N–H and O–H groups in total. The Morgan fingerprint density at radius 3 is 2.77 bits per heavy atom. The number of halogens is 2. The molecule has 26 heavy (non-hydrogen) atoms. The van der Waals surface area contributed by atoms with Gasteiger partial charge in [-0.2, -0.15) is 0 Å². The van der Waals surface area contributed by atoms with Crippen molar-refractivity contribution in [1.29, 1.82) is 0 Å². The molecule has 0 radical (unpaired) electrons. The second-order valence-corrected chi connectivity index (χ2v) is 5.94. The zero-order valence-corrected chi connectivity index (χ0v) is 14.0. The zero-order chi connectivity index (χ0) is 18.1. The Kier molecular flexibility index (Phi) is 4.18. The summed E-state index contributed by atoms with van der Waals surface area (Å²) in [7, 11) is 0. The van der Waals surface area contributed by atoms with Gasteiger partial charge in [0.05, 0.1) is 10.6 Å². The molecule has 2 heterocycles. The Morgan fingerprint density at radius 2 is 1.96 bits per heavy atom. The second kappa shape index (κ2) is 6.65. The summed E-state index contributed by atoms with van der Waals surface area (Å²) in [4.78, 5) is 12.0. The van der Waals surface area contributed by atoms with Crippen molar-refractivity contribution >= 4 is 28.5 Å². The first kappa shape index (κ1) is 16.4. The molecule has 130 valence electrons. The average Bonchev–Trinajstić information content (AvgIpc) is 3.26. The summed E-state index contributed by atoms with van der Waals surface area (Å²) in [6.45, 7) is -0.115. The Labute approximate surface area is 151 Å². The molecule has 0 unspecified atom stereocenters. The Morgan fingerprint density at radius 1 is 1.12 bits per heavy atom. The number of para-hydroxylation sites is 1. The highest BCUT2D eigenvalue weighted by atomic mass is 35.5. The van der Waals surface area contributed by atoms with Crippen molar-refractivity contribution in [1.82, 2.24) is 5.16 Å². The van der Waals surface area contributed by atoms with Crippen LogP contribution in [0.2, 0.25) is 5.02 Å². The Bertz CT molecular complexity index is 1070. The average molecular weight is 372 g/mol. The topological polar surface area (TPSA) is 65.5 Å². The number of esters is 1. The van der Waals surface area contributed by atoms with Gasteiger partial charge in [0.15, 0.2) is 5.76 Å². The molecule has 0 saturated heterocycles. The van der Waals surface area contributed by atoms with Crippen LogP contribution in [0.3, 0.4) is 0 Å². The monoisotopic (exact) mass is 371 g/mol. The van der Waals surface area contributed by atoms with Crippen molar-refractivity contribution in [3.05, 3.63) is 76.7 Å². The van der Waals surface area contributed by atoms with Gasteiger partial charge in [-0.3, -0.25) is 0 Å². The van der Waals surface area contributed by atoms with Crippen LogP contribution in [0.1, 0.15) is 16.1 Å². The van der Waals surface area contributed by atoms with Crippen LogP contribution in [0.5, 0.6) is 0 Å². The summed E-state index contributed by atoms with van der Waals surface area (Å²) in [5.74, 6) is -0.258. The lowest BCUT2D eigenvalue weighted by molar-refractivity contribution is 0.0464. The first-order valence-corrected chi connectivity index (χ1v) is 8.05. The molecule has 4 aromatic rings. The lowest BCUT2D eigenvalue weighted by Crippen LogP contribution is -2.06. The van der Waals surface area contributed by atoms with Gasteiger partial charge in [-0.25, -0.2) is 9.18 Å². The van der Waals surface area contributed by atoms with Crippen LogP contribution >= 0.6 is 11.6 Å². The fraction of sp³-hybridized carbons (Fsp3) is 0.0526. The highest BCUT2D eigenvalue weighted by Crippen LogP contribution is 2.28. The predicted octanol–water partition coefficient (Wildman–Crippen LogP) is 5.24. The molecule has 0 aliphatic rings. The van der Waals surface area contributed by atoms with E-state index in [9.17, 15) is 9.18 Å². The molecule has 0 saturated carbocycles. The van der Waals surface area contributed by atoms with Crippen LogP contribution in [0.25, 0.3) is 22.5 Å². The molecule has 0 aliphatic heterocycles. The molecular formula is C19H11ClFNO4. The minimum atomic E-state index is -0.678. The van der Waals surface area contributed by atoms with Gasteiger partial charge >= 0.3 is 5.97 Å². The molecule has 0 bridgehead atoms. The van der Waals surface area contributed by atoms with E-state index in [0.717, 1.165) is 23.1 Å². The molecule has 0 aliphatic carbocycles. The van der Waals surface area contributed by atoms with Crippen LogP contribution in [0.15, 0.2) is 63.5 Å². The van der Waals surface area contributed by atoms with Gasteiger partial charge in [-0.1, -0.05) is 35.0 Å². The van der Waals surface area contributed by atoms with Crippen LogP contribution in [0, 0.1) is 5.82 Å². The highest BCUT2D eigenvalue weighted by molar-refractivity contribution is 6.33. The number of benzene rings is 2. The summed E-state index contributed by atoms with van der Waals surface area (Å²) in [5, 5.41) is 4.79. The maximum Gasteiger partial charge on any atom is 0.340 e. The van der Waals surface area contributed by atoms with Gasteiger partial charge in [-0.15, -0.1) is 0 Å². The van der Waals surface area contributed by atoms with Gasteiger partial charge < -0.3 is 13.7 Å². The summed E-state index contributed by atoms with van der Waals surface area (Å²) in [6.07, 6.45) is 0. The first-order valence-electron chi connectivity index (χ1n) is 7.67. The van der Waals surface area contributed by atoms with E-state index < -0.39 is 11.8 Å². The smallest absolute Gasteiger partial charge is 0.340 e. The molecule has 7 heteroatoms. The van der Waals surface area contributed by atoms with Gasteiger partial charge in [0.25, 0.3) is 0 Å². The number of hydrogen-bond acceptors (Lipinski definition) is 5. The third-order valence-electron chi connectivity index (χ3n) is 3.73. The number of carbonyl (C=O) groups is 1. The van der Waals surface area contributed by atoms with Crippen LogP contribution in [-0.2, 0) is 11.3 Å². The number of hydrogen-bond donors (Lipinski definition) is 0. The van der Waals surface area contributed by atoms with Crippen molar-refractivity contribution in [2.75, 3.05) is 0 Å². The molecule has 4 rings (SSSR count). The fourth-order valence-electron chi connectivity index (χ4n) is 2.47. The third-order valence-corrected chi connectivity index (χ3v) is 4.04. The lowest BCUT2D eigenvalue weighted by Gasteiger charge is -2.04. The second-order valence-electron chi connectivity index (χ2n) is 5.53. The number of fused-ring (bicyclic) bond motifs is 1. The molecule has 0 spiro atoms. The predicted molar refractivity (Wildman–Crippen MR) is 92.2 cm³/mol. The zero-order valence-electron chi connectivity index (χ0n) is 13.2. The summed E-state index contributed by atoms with van der Waals surface area (Å²) in [6, 6.07) is 14.5. The van der Waals surface area contributed by atoms with Crippen LogP contribution in [-0.4, -0.2) is 11.1 Å². The SMILES string of the molecule is O=C(OCc1cc(-c2cc3ccccc3o2)on1)c1ccc(F)cc1Cl. The van der Waals surface area contributed by atoms with Gasteiger partial charge in [0.1, 0.15) is 23.7 Å². The van der Waals surface area contributed by atoms with E-state index >= 15 is 0 Å². The van der Waals surface area contributed by atoms with E-state index in [0.29, 0.717) is 17.2 Å². The molecule has 0 amide bonds. The Hall–Kier alpha value is -3.12. The van der Waals surface area contributed by atoms with Gasteiger partial charge in [-0.05, 0) is 30.3 Å². The molecule has 5 nitrogen and oxygen atoms in total. The van der Waals surface area contributed by atoms with Crippen molar-refractivity contribution in [3.63, 3.8) is 0 Å². The minimum absolute atomic E-state index is 0.0156. The normalized spacial score (nSPS) is 11.0. The van der Waals surface area contributed by atoms with Gasteiger partial charge in [0.2, 0.25) is 5.76 Å². The molecule has 2 aromatic heterocycles. The number of furan rings is 1. The third kappa shape index (κ3) is 3.19. The van der Waals surface area contributed by atoms with E-state index in [1.807, 2.05) is 30.3 Å². The summed E-state index contributed by atoms with van der Waals surface area (Å²) in [5.41, 5.74) is 1.22. The van der Waals surface area contributed by atoms with Crippen molar-refractivity contribution in [2.45, 2.75) is 6.61 Å². The quantitative estimate of drug-likeness (QED) is 0.459. The molecule has 2 aromatic carbocycles. The standard InChI is InChI=1S/C19H11ClFNO4/c20-15-8-12(21)5-6-14(15)19(23)24-10-13-9-18(26-22-13)17-7-11-3-1-2-4-16(11)25-17/h1-9H,10H2. The maximum absolute atomic E-state index is 13.0. The maximum atomic E-state index is 13.0. The first-order chi connectivity index (χ1) is 12.6. The molecule has 0 atom stereocenters. The number of aromatic nitrogens is 1. The number of ether oxygens (including phenoxy) is 1.